The predicted octanol–water partition coefficient (Wildman–Crippen LogP) is 3.27. The minimum atomic E-state index is -1.31. The number of carboxylic acids is 2. The molecule has 1 aromatic rings. The van der Waals surface area contributed by atoms with Crippen LogP contribution in [0.2, 0.25) is 0 Å². The van der Waals surface area contributed by atoms with Crippen LogP contribution in [0.5, 0.6) is 5.75 Å². The van der Waals surface area contributed by atoms with E-state index >= 15 is 0 Å². The smallest absolute Gasteiger partial charge is 0.337 e. The van der Waals surface area contributed by atoms with Crippen molar-refractivity contribution in [2.24, 2.45) is 5.92 Å². The maximum atomic E-state index is 11.1. The number of rotatable bonds is 6. The number of halogens is 1. The quantitative estimate of drug-likeness (QED) is 0.836. The number of ether oxygens (including phenoxy) is 1. The van der Waals surface area contributed by atoms with E-state index in [-0.39, 0.29) is 15.6 Å². The summed E-state index contributed by atoms with van der Waals surface area (Å²) in [5, 5.41) is 18.0. The fourth-order valence-corrected chi connectivity index (χ4v) is 2.09. The molecular weight excluding hydrogens is 316 g/mol. The van der Waals surface area contributed by atoms with Crippen LogP contribution in [-0.2, 0) is 0 Å². The standard InChI is InChI=1S/C13H15BrO5/c1-7(2)5-6-19-9-4-3-8(12(15)16)10(11(9)14)13(17)18/h3-4,7H,5-6H2,1-2H3,(H,15,16)(H,17,18). The predicted molar refractivity (Wildman–Crippen MR) is 73.0 cm³/mol. The summed E-state index contributed by atoms with van der Waals surface area (Å²) in [4.78, 5) is 22.1. The van der Waals surface area contributed by atoms with Crippen molar-refractivity contribution in [3.8, 4) is 5.75 Å². The molecule has 0 saturated heterocycles. The van der Waals surface area contributed by atoms with Crippen LogP contribution in [0.25, 0.3) is 0 Å². The van der Waals surface area contributed by atoms with Crippen molar-refractivity contribution >= 4 is 27.9 Å². The molecule has 0 spiro atoms. The summed E-state index contributed by atoms with van der Waals surface area (Å²) in [6, 6.07) is 2.70. The van der Waals surface area contributed by atoms with Gasteiger partial charge in [0.05, 0.1) is 22.2 Å². The third-order valence-corrected chi connectivity index (χ3v) is 3.29. The van der Waals surface area contributed by atoms with Gasteiger partial charge in [0.1, 0.15) is 5.75 Å². The summed E-state index contributed by atoms with van der Waals surface area (Å²) in [5.41, 5.74) is -0.565. The number of aromatic carboxylic acids is 2. The summed E-state index contributed by atoms with van der Waals surface area (Å²) >= 11 is 3.10. The Kier molecular flexibility index (Phi) is 5.35. The van der Waals surface area contributed by atoms with Crippen molar-refractivity contribution in [2.75, 3.05) is 6.61 Å². The SMILES string of the molecule is CC(C)CCOc1ccc(C(=O)O)c(C(=O)O)c1Br. The maximum absolute atomic E-state index is 11.1. The Hall–Kier alpha value is -1.56. The van der Waals surface area contributed by atoms with Crippen LogP contribution in [0.1, 0.15) is 41.0 Å². The van der Waals surface area contributed by atoms with E-state index in [0.29, 0.717) is 18.3 Å². The molecule has 0 atom stereocenters. The van der Waals surface area contributed by atoms with E-state index in [1.165, 1.54) is 12.1 Å². The zero-order chi connectivity index (χ0) is 14.6. The molecule has 0 aliphatic heterocycles. The molecule has 0 bridgehead atoms. The number of hydrogen-bond donors (Lipinski definition) is 2. The van der Waals surface area contributed by atoms with Crippen molar-refractivity contribution in [1.82, 2.24) is 0 Å². The highest BCUT2D eigenvalue weighted by Gasteiger charge is 2.22. The van der Waals surface area contributed by atoms with Crippen LogP contribution in [0.3, 0.4) is 0 Å². The van der Waals surface area contributed by atoms with Gasteiger partial charge >= 0.3 is 11.9 Å². The fraction of sp³-hybridized carbons (Fsp3) is 0.385. The second-order valence-corrected chi connectivity index (χ2v) is 5.23. The van der Waals surface area contributed by atoms with Gasteiger partial charge in [-0.05, 0) is 40.4 Å². The molecule has 0 aliphatic carbocycles. The van der Waals surface area contributed by atoms with Gasteiger partial charge in [0, 0.05) is 0 Å². The number of hydrogen-bond acceptors (Lipinski definition) is 3. The first-order chi connectivity index (χ1) is 8.84. The normalized spacial score (nSPS) is 10.5. The van der Waals surface area contributed by atoms with Gasteiger partial charge < -0.3 is 14.9 Å². The van der Waals surface area contributed by atoms with Gasteiger partial charge in [0.25, 0.3) is 0 Å². The molecule has 19 heavy (non-hydrogen) atoms. The molecule has 2 N–H and O–H groups in total. The summed E-state index contributed by atoms with van der Waals surface area (Å²) in [7, 11) is 0. The van der Waals surface area contributed by atoms with Crippen LogP contribution < -0.4 is 4.74 Å². The second-order valence-electron chi connectivity index (χ2n) is 4.44. The molecule has 1 rings (SSSR count). The van der Waals surface area contributed by atoms with E-state index in [9.17, 15) is 9.59 Å². The van der Waals surface area contributed by atoms with E-state index in [1.54, 1.807) is 0 Å². The van der Waals surface area contributed by atoms with Crippen molar-refractivity contribution in [3.05, 3.63) is 27.7 Å². The first-order valence-corrected chi connectivity index (χ1v) is 6.55. The highest BCUT2D eigenvalue weighted by atomic mass is 79.9. The van der Waals surface area contributed by atoms with Crippen LogP contribution in [0.4, 0.5) is 0 Å². The molecule has 1 aromatic carbocycles. The van der Waals surface area contributed by atoms with Crippen LogP contribution in [-0.4, -0.2) is 28.8 Å². The Bertz CT molecular complexity index is 496. The van der Waals surface area contributed by atoms with E-state index in [4.69, 9.17) is 14.9 Å². The minimum absolute atomic E-state index is 0.156. The molecular formula is C13H15BrO5. The molecule has 0 heterocycles. The van der Waals surface area contributed by atoms with E-state index in [0.717, 1.165) is 6.42 Å². The molecule has 0 aliphatic rings. The third-order valence-electron chi connectivity index (χ3n) is 2.50. The molecule has 0 fully saturated rings. The summed E-state index contributed by atoms with van der Waals surface area (Å²) < 4.78 is 5.63. The largest absolute Gasteiger partial charge is 0.492 e. The summed E-state index contributed by atoms with van der Waals surface area (Å²) in [6.07, 6.45) is 0.829. The molecule has 104 valence electrons. The lowest BCUT2D eigenvalue weighted by Gasteiger charge is -2.12. The van der Waals surface area contributed by atoms with Gasteiger partial charge in [-0.2, -0.15) is 0 Å². The first kappa shape index (κ1) is 15.5. The van der Waals surface area contributed by atoms with Gasteiger partial charge in [-0.1, -0.05) is 13.8 Å². The van der Waals surface area contributed by atoms with E-state index in [1.807, 2.05) is 0 Å². The van der Waals surface area contributed by atoms with Crippen molar-refractivity contribution in [3.63, 3.8) is 0 Å². The van der Waals surface area contributed by atoms with Crippen LogP contribution >= 0.6 is 15.9 Å². The van der Waals surface area contributed by atoms with Gasteiger partial charge in [-0.25, -0.2) is 9.59 Å². The maximum Gasteiger partial charge on any atom is 0.337 e. The number of benzene rings is 1. The lowest BCUT2D eigenvalue weighted by atomic mass is 10.1. The Morgan fingerprint density at radius 3 is 2.37 bits per heavy atom. The fourth-order valence-electron chi connectivity index (χ4n) is 1.46. The molecule has 6 heteroatoms. The molecule has 0 radical (unpaired) electrons. The molecule has 0 aromatic heterocycles. The van der Waals surface area contributed by atoms with Crippen LogP contribution in [0, 0.1) is 5.92 Å². The molecule has 0 saturated carbocycles. The van der Waals surface area contributed by atoms with Crippen molar-refractivity contribution in [1.29, 1.82) is 0 Å². The summed E-state index contributed by atoms with van der Waals surface area (Å²) in [5.74, 6) is -1.79. The van der Waals surface area contributed by atoms with Crippen molar-refractivity contribution in [2.45, 2.75) is 20.3 Å². The highest BCUT2D eigenvalue weighted by molar-refractivity contribution is 9.10. The lowest BCUT2D eigenvalue weighted by Crippen LogP contribution is -2.10. The van der Waals surface area contributed by atoms with Crippen LogP contribution in [0.15, 0.2) is 16.6 Å². The van der Waals surface area contributed by atoms with Gasteiger partial charge in [0.15, 0.2) is 0 Å². The van der Waals surface area contributed by atoms with Gasteiger partial charge in [0.2, 0.25) is 0 Å². The third kappa shape index (κ3) is 3.96. The van der Waals surface area contributed by atoms with E-state index < -0.39 is 11.9 Å². The number of carboxylic acid groups (broad SMARTS) is 2. The zero-order valence-electron chi connectivity index (χ0n) is 10.6. The Morgan fingerprint density at radius 1 is 1.26 bits per heavy atom. The van der Waals surface area contributed by atoms with Gasteiger partial charge in [-0.3, -0.25) is 0 Å². The zero-order valence-corrected chi connectivity index (χ0v) is 12.2. The minimum Gasteiger partial charge on any atom is -0.492 e. The van der Waals surface area contributed by atoms with E-state index in [2.05, 4.69) is 29.8 Å². The molecule has 0 unspecified atom stereocenters. The lowest BCUT2D eigenvalue weighted by molar-refractivity contribution is 0.0650. The molecule has 0 amide bonds. The Labute approximate surface area is 119 Å². The second kappa shape index (κ2) is 6.56. The summed E-state index contributed by atoms with van der Waals surface area (Å²) in [6.45, 7) is 4.55. The first-order valence-electron chi connectivity index (χ1n) is 5.76. The number of carbonyl (C=O) groups is 2. The monoisotopic (exact) mass is 330 g/mol. The average Bonchev–Trinajstić information content (AvgIpc) is 2.29. The van der Waals surface area contributed by atoms with Crippen molar-refractivity contribution < 1.29 is 24.5 Å². The highest BCUT2D eigenvalue weighted by Crippen LogP contribution is 2.31. The average molecular weight is 331 g/mol. The Morgan fingerprint density at radius 2 is 1.89 bits per heavy atom. The van der Waals surface area contributed by atoms with Gasteiger partial charge in [-0.15, -0.1) is 0 Å². The Balaban J connectivity index is 3.06. The molecule has 5 nitrogen and oxygen atoms in total. The topological polar surface area (TPSA) is 83.8 Å².